The fraction of sp³-hybridized carbons (Fsp3) is 0.346. The SMILES string of the molecule is Cc1c(NC(=O)CSc2ccc(NC(=O)C3CCCCC3)cc2)c(=O)n(-c2ccccc2)n1C. The van der Waals surface area contributed by atoms with Crippen molar-refractivity contribution in [3.05, 3.63) is 70.6 Å². The van der Waals surface area contributed by atoms with Crippen LogP contribution >= 0.6 is 11.8 Å². The van der Waals surface area contributed by atoms with Gasteiger partial charge in [-0.3, -0.25) is 19.1 Å². The highest BCUT2D eigenvalue weighted by atomic mass is 32.2. The molecule has 4 rings (SSSR count). The molecule has 8 heteroatoms. The van der Waals surface area contributed by atoms with Crippen LogP contribution < -0.4 is 16.2 Å². The van der Waals surface area contributed by atoms with Gasteiger partial charge in [-0.2, -0.15) is 0 Å². The van der Waals surface area contributed by atoms with E-state index in [0.29, 0.717) is 5.69 Å². The van der Waals surface area contributed by atoms with Gasteiger partial charge in [0.2, 0.25) is 11.8 Å². The number of nitrogens with one attached hydrogen (secondary N) is 2. The van der Waals surface area contributed by atoms with E-state index in [9.17, 15) is 14.4 Å². The number of anilines is 2. The molecule has 7 nitrogen and oxygen atoms in total. The second-order valence-electron chi connectivity index (χ2n) is 8.62. The van der Waals surface area contributed by atoms with E-state index in [1.165, 1.54) is 18.2 Å². The minimum Gasteiger partial charge on any atom is -0.326 e. The second kappa shape index (κ2) is 10.8. The van der Waals surface area contributed by atoms with Gasteiger partial charge in [-0.05, 0) is 56.2 Å². The third kappa shape index (κ3) is 5.44. The van der Waals surface area contributed by atoms with Gasteiger partial charge in [0.15, 0.2) is 0 Å². The number of amides is 2. The molecule has 0 radical (unpaired) electrons. The first-order valence-electron chi connectivity index (χ1n) is 11.6. The number of carbonyl (C=O) groups excluding carboxylic acids is 2. The standard InChI is InChI=1S/C26H30N4O3S/c1-18-24(26(33)30(29(18)2)21-11-7-4-8-12-21)28-23(31)17-34-22-15-13-20(14-16-22)27-25(32)19-9-5-3-6-10-19/h4,7-8,11-16,19H,3,5-6,9-10,17H2,1-2H3,(H,27,32)(H,28,31). The molecule has 0 saturated heterocycles. The van der Waals surface area contributed by atoms with Crippen molar-refractivity contribution in [2.75, 3.05) is 16.4 Å². The predicted octanol–water partition coefficient (Wildman–Crippen LogP) is 4.73. The van der Waals surface area contributed by atoms with Gasteiger partial charge in [-0.15, -0.1) is 11.8 Å². The van der Waals surface area contributed by atoms with Crippen molar-refractivity contribution in [1.82, 2.24) is 9.36 Å². The van der Waals surface area contributed by atoms with Gasteiger partial charge in [0, 0.05) is 23.5 Å². The minimum absolute atomic E-state index is 0.0962. The lowest BCUT2D eigenvalue weighted by Crippen LogP contribution is -2.24. The zero-order valence-electron chi connectivity index (χ0n) is 19.5. The lowest BCUT2D eigenvalue weighted by molar-refractivity contribution is -0.120. The van der Waals surface area contributed by atoms with E-state index < -0.39 is 0 Å². The van der Waals surface area contributed by atoms with Crippen LogP contribution in [0.1, 0.15) is 37.8 Å². The Morgan fingerprint density at radius 3 is 2.32 bits per heavy atom. The summed E-state index contributed by atoms with van der Waals surface area (Å²) in [6.07, 6.45) is 5.39. The number of rotatable bonds is 7. The van der Waals surface area contributed by atoms with E-state index >= 15 is 0 Å². The first-order chi connectivity index (χ1) is 16.4. The van der Waals surface area contributed by atoms with Crippen molar-refractivity contribution in [1.29, 1.82) is 0 Å². The summed E-state index contributed by atoms with van der Waals surface area (Å²) in [7, 11) is 1.79. The molecule has 34 heavy (non-hydrogen) atoms. The van der Waals surface area contributed by atoms with E-state index in [1.807, 2.05) is 61.5 Å². The highest BCUT2D eigenvalue weighted by Crippen LogP contribution is 2.26. The van der Waals surface area contributed by atoms with Crippen LogP contribution in [0.25, 0.3) is 5.69 Å². The molecule has 178 valence electrons. The molecule has 3 aromatic rings. The van der Waals surface area contributed by atoms with Crippen molar-refractivity contribution in [3.63, 3.8) is 0 Å². The topological polar surface area (TPSA) is 85.1 Å². The Labute approximate surface area is 203 Å². The van der Waals surface area contributed by atoms with E-state index in [0.717, 1.165) is 42.0 Å². The van der Waals surface area contributed by atoms with Crippen molar-refractivity contribution < 1.29 is 9.59 Å². The quantitative estimate of drug-likeness (QED) is 0.481. The lowest BCUT2D eigenvalue weighted by Gasteiger charge is -2.20. The summed E-state index contributed by atoms with van der Waals surface area (Å²) in [5.74, 6) is 0.136. The molecule has 0 aliphatic heterocycles. The Kier molecular flexibility index (Phi) is 7.57. The highest BCUT2D eigenvalue weighted by molar-refractivity contribution is 8.00. The Balaban J connectivity index is 1.34. The summed E-state index contributed by atoms with van der Waals surface area (Å²) in [5.41, 5.74) is 2.22. The molecule has 2 aromatic carbocycles. The van der Waals surface area contributed by atoms with Crippen molar-refractivity contribution in [2.45, 2.75) is 43.9 Å². The number of carbonyl (C=O) groups is 2. The highest BCUT2D eigenvalue weighted by Gasteiger charge is 2.21. The molecule has 1 aromatic heterocycles. The van der Waals surface area contributed by atoms with Crippen LogP contribution in [0, 0.1) is 12.8 Å². The number of nitrogens with zero attached hydrogens (tertiary/aromatic N) is 2. The first-order valence-corrected chi connectivity index (χ1v) is 12.6. The third-order valence-corrected chi connectivity index (χ3v) is 7.30. The summed E-state index contributed by atoms with van der Waals surface area (Å²) in [4.78, 5) is 38.9. The summed E-state index contributed by atoms with van der Waals surface area (Å²) >= 11 is 1.38. The zero-order chi connectivity index (χ0) is 24.1. The molecule has 1 aliphatic carbocycles. The number of aromatic nitrogens is 2. The molecule has 1 saturated carbocycles. The maximum absolute atomic E-state index is 12.9. The Morgan fingerprint density at radius 1 is 0.971 bits per heavy atom. The maximum Gasteiger partial charge on any atom is 0.295 e. The largest absolute Gasteiger partial charge is 0.326 e. The van der Waals surface area contributed by atoms with Gasteiger partial charge in [-0.1, -0.05) is 37.5 Å². The Morgan fingerprint density at radius 2 is 1.65 bits per heavy atom. The van der Waals surface area contributed by atoms with E-state index in [4.69, 9.17) is 0 Å². The van der Waals surface area contributed by atoms with Gasteiger partial charge in [-0.25, -0.2) is 4.68 Å². The molecule has 1 aliphatic rings. The van der Waals surface area contributed by atoms with E-state index in [1.54, 1.807) is 16.4 Å². The monoisotopic (exact) mass is 478 g/mol. The average molecular weight is 479 g/mol. The fourth-order valence-electron chi connectivity index (χ4n) is 4.28. The molecule has 1 heterocycles. The van der Waals surface area contributed by atoms with Crippen molar-refractivity contribution in [3.8, 4) is 5.69 Å². The first kappa shape index (κ1) is 23.9. The van der Waals surface area contributed by atoms with Gasteiger partial charge >= 0.3 is 0 Å². The molecular weight excluding hydrogens is 448 g/mol. The molecule has 1 fully saturated rings. The van der Waals surface area contributed by atoms with Gasteiger partial charge in [0.05, 0.1) is 17.1 Å². The Hall–Kier alpha value is -3.26. The summed E-state index contributed by atoms with van der Waals surface area (Å²) < 4.78 is 3.28. The van der Waals surface area contributed by atoms with Crippen molar-refractivity contribution >= 4 is 35.0 Å². The number of hydrogen-bond donors (Lipinski definition) is 2. The fourth-order valence-corrected chi connectivity index (χ4v) is 4.98. The predicted molar refractivity (Wildman–Crippen MR) is 137 cm³/mol. The number of para-hydroxylation sites is 1. The molecule has 2 N–H and O–H groups in total. The molecular formula is C26H30N4O3S. The van der Waals surface area contributed by atoms with Crippen LogP contribution in [0.5, 0.6) is 0 Å². The van der Waals surface area contributed by atoms with Gasteiger partial charge in [0.1, 0.15) is 5.69 Å². The Bertz CT molecular complexity index is 1210. The molecule has 0 unspecified atom stereocenters. The maximum atomic E-state index is 12.9. The zero-order valence-corrected chi connectivity index (χ0v) is 20.4. The third-order valence-electron chi connectivity index (χ3n) is 6.29. The lowest BCUT2D eigenvalue weighted by atomic mass is 9.88. The van der Waals surface area contributed by atoms with Gasteiger partial charge in [0.25, 0.3) is 5.56 Å². The summed E-state index contributed by atoms with van der Waals surface area (Å²) in [5, 5.41) is 5.79. The van der Waals surface area contributed by atoms with Crippen LogP contribution in [0.3, 0.4) is 0 Å². The average Bonchev–Trinajstić information content (AvgIpc) is 3.07. The number of hydrogen-bond acceptors (Lipinski definition) is 4. The van der Waals surface area contributed by atoms with Crippen LogP contribution in [-0.4, -0.2) is 26.9 Å². The van der Waals surface area contributed by atoms with Crippen molar-refractivity contribution in [2.24, 2.45) is 13.0 Å². The molecule has 2 amide bonds. The van der Waals surface area contributed by atoms with Crippen LogP contribution in [0.2, 0.25) is 0 Å². The molecule has 0 atom stereocenters. The summed E-state index contributed by atoms with van der Waals surface area (Å²) in [6, 6.07) is 16.8. The van der Waals surface area contributed by atoms with Crippen LogP contribution in [0.4, 0.5) is 11.4 Å². The summed E-state index contributed by atoms with van der Waals surface area (Å²) in [6.45, 7) is 1.81. The second-order valence-corrected chi connectivity index (χ2v) is 9.67. The van der Waals surface area contributed by atoms with E-state index in [2.05, 4.69) is 10.6 Å². The van der Waals surface area contributed by atoms with Crippen LogP contribution in [-0.2, 0) is 16.6 Å². The van der Waals surface area contributed by atoms with Gasteiger partial charge < -0.3 is 10.6 Å². The normalized spacial score (nSPS) is 14.1. The van der Waals surface area contributed by atoms with E-state index in [-0.39, 0.29) is 34.7 Å². The molecule has 0 spiro atoms. The van der Waals surface area contributed by atoms with Crippen LogP contribution in [0.15, 0.2) is 64.3 Å². The number of benzene rings is 2. The molecule has 0 bridgehead atoms. The smallest absolute Gasteiger partial charge is 0.295 e. The minimum atomic E-state index is -0.261. The number of thioether (sulfide) groups is 1.